The van der Waals surface area contributed by atoms with Gasteiger partial charge < -0.3 is 9.04 Å². The Morgan fingerprint density at radius 2 is 1.27 bits per heavy atom. The molecule has 0 aliphatic rings. The molecule has 0 aromatic rings. The number of unbranched alkanes of at least 4 members (excludes halogenated alkanes) is 3. The van der Waals surface area contributed by atoms with Gasteiger partial charge in [0, 0.05) is 0 Å². The van der Waals surface area contributed by atoms with E-state index in [0.29, 0.717) is 0 Å². The Morgan fingerprint density at radius 1 is 0.909 bits per heavy atom. The SMILES string of the molecule is C=CCS(=O)(=O)[O-].CCCC[N+](CC)(CCCC)CCCC. The van der Waals surface area contributed by atoms with Crippen molar-refractivity contribution >= 4 is 10.1 Å². The second-order valence-electron chi connectivity index (χ2n) is 5.90. The number of rotatable bonds is 12. The van der Waals surface area contributed by atoms with Crippen LogP contribution >= 0.6 is 0 Å². The maximum absolute atomic E-state index is 9.60. The first kappa shape index (κ1) is 23.9. The van der Waals surface area contributed by atoms with Gasteiger partial charge in [-0.1, -0.05) is 46.1 Å². The number of hydrogen-bond acceptors (Lipinski definition) is 3. The van der Waals surface area contributed by atoms with Gasteiger partial charge in [-0.3, -0.25) is 0 Å². The van der Waals surface area contributed by atoms with Gasteiger partial charge in [-0.15, -0.1) is 6.58 Å². The summed E-state index contributed by atoms with van der Waals surface area (Å²) in [6.45, 7) is 17.9. The molecule has 0 aromatic heterocycles. The van der Waals surface area contributed by atoms with Gasteiger partial charge in [0.25, 0.3) is 0 Å². The topological polar surface area (TPSA) is 57.2 Å². The van der Waals surface area contributed by atoms with Gasteiger partial charge in [-0.25, -0.2) is 8.42 Å². The molecule has 0 rings (SSSR count). The molecule has 0 aliphatic carbocycles. The van der Waals surface area contributed by atoms with Gasteiger partial charge in [-0.2, -0.15) is 0 Å². The quantitative estimate of drug-likeness (QED) is 0.308. The molecule has 0 unspecified atom stereocenters. The third-order valence-electron chi connectivity index (χ3n) is 3.95. The Kier molecular flexibility index (Phi) is 15.4. The minimum Gasteiger partial charge on any atom is -0.748 e. The van der Waals surface area contributed by atoms with Crippen LogP contribution in [0.3, 0.4) is 0 Å². The van der Waals surface area contributed by atoms with Crippen molar-refractivity contribution in [2.45, 2.75) is 66.2 Å². The predicted molar refractivity (Wildman–Crippen MR) is 94.9 cm³/mol. The molecule has 0 saturated heterocycles. The molecule has 0 radical (unpaired) electrons. The summed E-state index contributed by atoms with van der Waals surface area (Å²) in [6.07, 6.45) is 9.31. The summed E-state index contributed by atoms with van der Waals surface area (Å²) < 4.78 is 30.2. The van der Waals surface area contributed by atoms with Gasteiger partial charge in [0.15, 0.2) is 0 Å². The zero-order chi connectivity index (χ0) is 17.5. The first-order valence-electron chi connectivity index (χ1n) is 8.70. The van der Waals surface area contributed by atoms with E-state index in [1.807, 2.05) is 0 Å². The average molecular weight is 336 g/mol. The van der Waals surface area contributed by atoms with Crippen molar-refractivity contribution in [1.29, 1.82) is 0 Å². The van der Waals surface area contributed by atoms with Crippen LogP contribution in [0.4, 0.5) is 0 Å². The summed E-state index contributed by atoms with van der Waals surface area (Å²) in [4.78, 5) is 0. The van der Waals surface area contributed by atoms with Crippen molar-refractivity contribution in [1.82, 2.24) is 0 Å². The Labute approximate surface area is 138 Å². The van der Waals surface area contributed by atoms with Gasteiger partial charge in [0.05, 0.1) is 42.1 Å². The first-order valence-corrected chi connectivity index (χ1v) is 10.3. The van der Waals surface area contributed by atoms with Crippen LogP contribution in [-0.4, -0.2) is 49.4 Å². The fourth-order valence-electron chi connectivity index (χ4n) is 2.43. The fraction of sp³-hybridized carbons (Fsp3) is 0.882. The van der Waals surface area contributed by atoms with Crippen LogP contribution in [0, 0.1) is 0 Å². The molecule has 134 valence electrons. The normalized spacial score (nSPS) is 11.7. The summed E-state index contributed by atoms with van der Waals surface area (Å²) >= 11 is 0. The summed E-state index contributed by atoms with van der Waals surface area (Å²) in [5, 5.41) is 0. The van der Waals surface area contributed by atoms with Crippen LogP contribution in [0.5, 0.6) is 0 Å². The summed E-state index contributed by atoms with van der Waals surface area (Å²) in [5.41, 5.74) is 0. The molecule has 0 bridgehead atoms. The van der Waals surface area contributed by atoms with E-state index in [9.17, 15) is 13.0 Å². The predicted octanol–water partition coefficient (Wildman–Crippen LogP) is 3.94. The van der Waals surface area contributed by atoms with Crippen LogP contribution in [0.2, 0.25) is 0 Å². The van der Waals surface area contributed by atoms with E-state index in [1.54, 1.807) is 0 Å². The Balaban J connectivity index is 0. The van der Waals surface area contributed by atoms with Crippen LogP contribution in [0.25, 0.3) is 0 Å². The molecule has 4 nitrogen and oxygen atoms in total. The van der Waals surface area contributed by atoms with Gasteiger partial charge in [0.1, 0.15) is 0 Å². The monoisotopic (exact) mass is 335 g/mol. The summed E-state index contributed by atoms with van der Waals surface area (Å²) in [7, 11) is -4.04. The molecule has 0 amide bonds. The largest absolute Gasteiger partial charge is 0.748 e. The first-order chi connectivity index (χ1) is 10.3. The molecular weight excluding hydrogens is 298 g/mol. The van der Waals surface area contributed by atoms with Gasteiger partial charge >= 0.3 is 0 Å². The highest BCUT2D eigenvalue weighted by atomic mass is 32.2. The lowest BCUT2D eigenvalue weighted by Crippen LogP contribution is -2.49. The molecule has 0 aliphatic heterocycles. The second-order valence-corrected chi connectivity index (χ2v) is 7.35. The minimum atomic E-state index is -4.04. The van der Waals surface area contributed by atoms with E-state index >= 15 is 0 Å². The molecule has 0 heterocycles. The third kappa shape index (κ3) is 14.5. The van der Waals surface area contributed by atoms with E-state index in [0.717, 1.165) is 6.08 Å². The number of nitrogens with zero attached hydrogens (tertiary/aromatic N) is 1. The maximum atomic E-state index is 9.60. The average Bonchev–Trinajstić information content (AvgIpc) is 2.46. The molecule has 0 saturated carbocycles. The lowest BCUT2D eigenvalue weighted by Gasteiger charge is -2.38. The molecule has 0 N–H and O–H groups in total. The Morgan fingerprint density at radius 3 is 1.41 bits per heavy atom. The zero-order valence-corrected chi connectivity index (χ0v) is 16.0. The molecule has 5 heteroatoms. The molecule has 0 atom stereocenters. The lowest BCUT2D eigenvalue weighted by atomic mass is 10.1. The highest BCUT2D eigenvalue weighted by Crippen LogP contribution is 2.14. The summed E-state index contributed by atoms with van der Waals surface area (Å²) in [5.74, 6) is -0.479. The second kappa shape index (κ2) is 14.2. The van der Waals surface area contributed by atoms with E-state index in [1.165, 1.54) is 69.2 Å². The van der Waals surface area contributed by atoms with Gasteiger partial charge in [-0.05, 0) is 26.2 Å². The fourth-order valence-corrected chi connectivity index (χ4v) is 2.72. The number of quaternary nitrogens is 1. The van der Waals surface area contributed by atoms with Crippen LogP contribution in [0.15, 0.2) is 12.7 Å². The molecule has 22 heavy (non-hydrogen) atoms. The van der Waals surface area contributed by atoms with Crippen LogP contribution < -0.4 is 0 Å². The molecular formula is C17H37NO3S. The summed E-state index contributed by atoms with van der Waals surface area (Å²) in [6, 6.07) is 0. The van der Waals surface area contributed by atoms with Crippen LogP contribution in [-0.2, 0) is 10.1 Å². The van der Waals surface area contributed by atoms with Crippen molar-refractivity contribution in [2.24, 2.45) is 0 Å². The maximum Gasteiger partial charge on any atom is 0.0982 e. The van der Waals surface area contributed by atoms with Crippen molar-refractivity contribution < 1.29 is 17.5 Å². The van der Waals surface area contributed by atoms with E-state index < -0.39 is 15.9 Å². The van der Waals surface area contributed by atoms with Crippen molar-refractivity contribution in [3.63, 3.8) is 0 Å². The Bertz CT molecular complexity index is 331. The Hall–Kier alpha value is -0.390. The minimum absolute atomic E-state index is 0.479. The van der Waals surface area contributed by atoms with Gasteiger partial charge in [0.2, 0.25) is 0 Å². The van der Waals surface area contributed by atoms with E-state index in [2.05, 4.69) is 34.3 Å². The van der Waals surface area contributed by atoms with Crippen molar-refractivity contribution in [3.8, 4) is 0 Å². The zero-order valence-electron chi connectivity index (χ0n) is 15.1. The highest BCUT2D eigenvalue weighted by Gasteiger charge is 2.22. The van der Waals surface area contributed by atoms with Crippen molar-refractivity contribution in [2.75, 3.05) is 31.9 Å². The molecule has 0 aromatic carbocycles. The van der Waals surface area contributed by atoms with Crippen LogP contribution in [0.1, 0.15) is 66.2 Å². The van der Waals surface area contributed by atoms with E-state index in [4.69, 9.17) is 0 Å². The third-order valence-corrected chi connectivity index (χ3v) is 4.59. The van der Waals surface area contributed by atoms with Crippen molar-refractivity contribution in [3.05, 3.63) is 12.7 Å². The smallest absolute Gasteiger partial charge is 0.0982 e. The lowest BCUT2D eigenvalue weighted by molar-refractivity contribution is -0.927. The number of hydrogen-bond donors (Lipinski definition) is 0. The highest BCUT2D eigenvalue weighted by molar-refractivity contribution is 7.85. The standard InChI is InChI=1S/C14H32N.C3H6O3S/c1-5-9-12-15(8-4,13-10-6-2)14-11-7-3;1-2-3-7(4,5)6/h5-14H2,1-4H3;2H,1,3H2,(H,4,5,6)/q+1;/p-1. The molecule has 0 fully saturated rings. The molecule has 0 spiro atoms. The van der Waals surface area contributed by atoms with E-state index in [-0.39, 0.29) is 0 Å².